The van der Waals surface area contributed by atoms with Crippen molar-refractivity contribution < 1.29 is 23.8 Å². The van der Waals surface area contributed by atoms with E-state index in [0.29, 0.717) is 13.2 Å². The van der Waals surface area contributed by atoms with Crippen LogP contribution in [-0.2, 0) is 16.0 Å². The molecular formula is C37H45N3O5S. The first-order valence-electron chi connectivity index (χ1n) is 16.1. The fourth-order valence-corrected chi connectivity index (χ4v) is 6.69. The van der Waals surface area contributed by atoms with Crippen LogP contribution in [0.15, 0.2) is 72.8 Å². The lowest BCUT2D eigenvalue weighted by molar-refractivity contribution is -0.122. The van der Waals surface area contributed by atoms with Crippen molar-refractivity contribution in [3.63, 3.8) is 0 Å². The zero-order valence-electron chi connectivity index (χ0n) is 27.3. The van der Waals surface area contributed by atoms with Crippen molar-refractivity contribution in [3.05, 3.63) is 83.9 Å². The van der Waals surface area contributed by atoms with Crippen LogP contribution in [0.5, 0.6) is 11.5 Å². The van der Waals surface area contributed by atoms with Crippen LogP contribution in [-0.4, -0.2) is 67.9 Å². The summed E-state index contributed by atoms with van der Waals surface area (Å²) in [5.41, 5.74) is 3.07. The van der Waals surface area contributed by atoms with Gasteiger partial charge in [-0.2, -0.15) is 0 Å². The van der Waals surface area contributed by atoms with Crippen molar-refractivity contribution in [1.29, 1.82) is 0 Å². The summed E-state index contributed by atoms with van der Waals surface area (Å²) >= 11 is 1.81. The first-order chi connectivity index (χ1) is 22.1. The Bertz CT molecular complexity index is 1590. The average Bonchev–Trinajstić information content (AvgIpc) is 3.68. The summed E-state index contributed by atoms with van der Waals surface area (Å²) < 4.78 is 18.4. The number of carbonyl (C=O) groups is 2. The number of fused-ring (bicyclic) bond motifs is 1. The summed E-state index contributed by atoms with van der Waals surface area (Å²) in [6, 6.07) is 24.5. The van der Waals surface area contributed by atoms with Crippen LogP contribution in [0.3, 0.4) is 0 Å². The van der Waals surface area contributed by atoms with Crippen molar-refractivity contribution in [2.45, 2.75) is 58.6 Å². The van der Waals surface area contributed by atoms with Gasteiger partial charge in [-0.05, 0) is 125 Å². The topological polar surface area (TPSA) is 89.1 Å². The molecule has 3 aromatic carbocycles. The lowest BCUT2D eigenvalue weighted by Crippen LogP contribution is -2.47. The van der Waals surface area contributed by atoms with Crippen LogP contribution in [0.4, 0.5) is 4.79 Å². The Morgan fingerprint density at radius 3 is 2.24 bits per heavy atom. The molecule has 0 spiro atoms. The van der Waals surface area contributed by atoms with E-state index in [9.17, 15) is 9.59 Å². The number of nitrogens with zero attached hydrogens (tertiary/aromatic N) is 1. The van der Waals surface area contributed by atoms with Crippen LogP contribution in [0.1, 0.15) is 51.7 Å². The monoisotopic (exact) mass is 643 g/mol. The Labute approximate surface area is 276 Å². The van der Waals surface area contributed by atoms with Crippen molar-refractivity contribution >= 4 is 33.4 Å². The quantitative estimate of drug-likeness (QED) is 0.152. The van der Waals surface area contributed by atoms with E-state index < -0.39 is 17.7 Å². The molecule has 1 saturated heterocycles. The Morgan fingerprint density at radius 1 is 0.891 bits per heavy atom. The van der Waals surface area contributed by atoms with E-state index in [1.54, 1.807) is 39.0 Å². The van der Waals surface area contributed by atoms with E-state index >= 15 is 0 Å². The van der Waals surface area contributed by atoms with Gasteiger partial charge in [0.1, 0.15) is 36.4 Å². The van der Waals surface area contributed by atoms with Gasteiger partial charge in [0.2, 0.25) is 5.91 Å². The highest BCUT2D eigenvalue weighted by atomic mass is 32.1. The molecule has 1 aliphatic rings. The molecule has 46 heavy (non-hydrogen) atoms. The van der Waals surface area contributed by atoms with Crippen LogP contribution < -0.4 is 20.1 Å². The fourth-order valence-electron chi connectivity index (χ4n) is 5.46. The van der Waals surface area contributed by atoms with Gasteiger partial charge in [0, 0.05) is 16.1 Å². The highest BCUT2D eigenvalue weighted by Gasteiger charge is 2.21. The van der Waals surface area contributed by atoms with Gasteiger partial charge in [-0.25, -0.2) is 4.79 Å². The molecule has 1 aromatic heterocycles. The van der Waals surface area contributed by atoms with Gasteiger partial charge in [-0.1, -0.05) is 30.3 Å². The number of hydrogen-bond donors (Lipinski definition) is 2. The summed E-state index contributed by atoms with van der Waals surface area (Å²) in [5.74, 6) is 1.34. The SMILES string of the molecule is C[C@H](NC(=O)OC(C)(C)C)C(=O)NCCOc1ccc(-c2sc3ccccc3c2Cc2ccc(OCCN3CCCC3)cc2)cc1. The Hall–Kier alpha value is -4.08. The maximum atomic E-state index is 12.4. The lowest BCUT2D eigenvalue weighted by Gasteiger charge is -2.21. The molecule has 9 heteroatoms. The van der Waals surface area contributed by atoms with Gasteiger partial charge in [0.25, 0.3) is 0 Å². The second-order valence-corrected chi connectivity index (χ2v) is 13.7. The van der Waals surface area contributed by atoms with Crippen molar-refractivity contribution in [2.75, 3.05) is 39.4 Å². The van der Waals surface area contributed by atoms with Crippen molar-refractivity contribution in [2.24, 2.45) is 0 Å². The number of benzene rings is 3. The number of alkyl carbamates (subject to hydrolysis) is 1. The molecule has 2 heterocycles. The van der Waals surface area contributed by atoms with Crippen LogP contribution in [0.2, 0.25) is 0 Å². The van der Waals surface area contributed by atoms with Gasteiger partial charge >= 0.3 is 6.09 Å². The zero-order chi connectivity index (χ0) is 32.5. The van der Waals surface area contributed by atoms with E-state index in [-0.39, 0.29) is 5.91 Å². The van der Waals surface area contributed by atoms with Gasteiger partial charge in [-0.3, -0.25) is 9.69 Å². The largest absolute Gasteiger partial charge is 0.492 e. The molecule has 0 aliphatic carbocycles. The fraction of sp³-hybridized carbons (Fsp3) is 0.405. The second kappa shape index (κ2) is 15.5. The second-order valence-electron chi connectivity index (χ2n) is 12.7. The minimum absolute atomic E-state index is 0.302. The number of likely N-dealkylation sites (tertiary alicyclic amines) is 1. The minimum Gasteiger partial charge on any atom is -0.492 e. The predicted octanol–water partition coefficient (Wildman–Crippen LogP) is 7.04. The third kappa shape index (κ3) is 9.47. The van der Waals surface area contributed by atoms with E-state index in [1.165, 1.54) is 52.0 Å². The summed E-state index contributed by atoms with van der Waals surface area (Å²) in [4.78, 5) is 28.0. The Morgan fingerprint density at radius 2 is 1.54 bits per heavy atom. The predicted molar refractivity (Wildman–Crippen MR) is 185 cm³/mol. The van der Waals surface area contributed by atoms with Crippen molar-refractivity contribution in [3.8, 4) is 21.9 Å². The maximum Gasteiger partial charge on any atom is 0.408 e. The van der Waals surface area contributed by atoms with E-state index in [0.717, 1.165) is 36.6 Å². The van der Waals surface area contributed by atoms with Crippen LogP contribution >= 0.6 is 11.3 Å². The van der Waals surface area contributed by atoms with Crippen LogP contribution in [0, 0.1) is 0 Å². The Kier molecular flexibility index (Phi) is 11.2. The summed E-state index contributed by atoms with van der Waals surface area (Å²) in [6.07, 6.45) is 2.79. The molecule has 2 N–H and O–H groups in total. The van der Waals surface area contributed by atoms with E-state index in [1.807, 2.05) is 12.1 Å². The number of carbonyl (C=O) groups excluding carboxylic acids is 2. The van der Waals surface area contributed by atoms with Gasteiger partial charge in [0.15, 0.2) is 0 Å². The highest BCUT2D eigenvalue weighted by Crippen LogP contribution is 2.40. The molecule has 1 fully saturated rings. The van der Waals surface area contributed by atoms with Gasteiger partial charge in [0.05, 0.1) is 6.54 Å². The molecule has 8 nitrogen and oxygen atoms in total. The van der Waals surface area contributed by atoms with E-state index in [4.69, 9.17) is 14.2 Å². The normalized spacial score (nSPS) is 14.2. The summed E-state index contributed by atoms with van der Waals surface area (Å²) in [5, 5.41) is 6.61. The van der Waals surface area contributed by atoms with Gasteiger partial charge in [-0.15, -0.1) is 11.3 Å². The van der Waals surface area contributed by atoms with Crippen molar-refractivity contribution in [1.82, 2.24) is 15.5 Å². The molecule has 0 radical (unpaired) electrons. The summed E-state index contributed by atoms with van der Waals surface area (Å²) in [7, 11) is 0. The minimum atomic E-state index is -0.722. The van der Waals surface area contributed by atoms with Crippen LogP contribution in [0.25, 0.3) is 20.5 Å². The smallest absolute Gasteiger partial charge is 0.408 e. The molecule has 5 rings (SSSR count). The first-order valence-corrected chi connectivity index (χ1v) is 16.9. The maximum absolute atomic E-state index is 12.4. The molecule has 2 amide bonds. The third-order valence-electron chi connectivity index (χ3n) is 7.79. The molecule has 244 valence electrons. The van der Waals surface area contributed by atoms with Gasteiger partial charge < -0.3 is 24.8 Å². The average molecular weight is 644 g/mol. The standard InChI is InChI=1S/C37H45N3O5S/c1-26(39-36(42)45-37(2,3)4)35(41)38-19-23-43-30-17-13-28(14-18-30)34-32(31-9-5-6-10-33(31)46-34)25-27-11-15-29(16-12-27)44-24-22-40-20-7-8-21-40/h5-6,9-18,26H,7-8,19-25H2,1-4H3,(H,38,41)(H,39,42)/t26-/m0/s1. The number of amides is 2. The summed E-state index contributed by atoms with van der Waals surface area (Å²) in [6.45, 7) is 11.6. The molecule has 4 aromatic rings. The van der Waals surface area contributed by atoms with E-state index in [2.05, 4.69) is 76.2 Å². The molecule has 0 saturated carbocycles. The molecular weight excluding hydrogens is 598 g/mol. The Balaban J connectivity index is 1.15. The number of hydrogen-bond acceptors (Lipinski definition) is 7. The number of nitrogens with one attached hydrogen (secondary N) is 2. The molecule has 0 bridgehead atoms. The first kappa shape index (κ1) is 33.3. The molecule has 0 unspecified atom stereocenters. The molecule has 1 atom stereocenters. The molecule has 1 aliphatic heterocycles. The number of thiophene rings is 1. The zero-order valence-corrected chi connectivity index (χ0v) is 28.1. The number of rotatable bonds is 13. The lowest BCUT2D eigenvalue weighted by atomic mass is 9.99. The highest BCUT2D eigenvalue weighted by molar-refractivity contribution is 7.22. The third-order valence-corrected chi connectivity index (χ3v) is 9.05. The number of ether oxygens (including phenoxy) is 3.